The molecule has 1 rings (SSSR count). The standard InChI is InChI=1S/C13H24N2/c1-11(2)15-8-7-14-10-13-6-4-5-12(3)9-13/h4-6,11-12,14-15H,7-10H2,1-3H3. The van der Waals surface area contributed by atoms with Gasteiger partial charge in [-0.2, -0.15) is 0 Å². The Labute approximate surface area is 93.8 Å². The van der Waals surface area contributed by atoms with Gasteiger partial charge in [0.15, 0.2) is 0 Å². The summed E-state index contributed by atoms with van der Waals surface area (Å²) in [4.78, 5) is 0. The average Bonchev–Trinajstić information content (AvgIpc) is 2.17. The van der Waals surface area contributed by atoms with Crippen molar-refractivity contribution in [2.45, 2.75) is 33.2 Å². The molecule has 2 N–H and O–H groups in total. The zero-order chi connectivity index (χ0) is 11.1. The van der Waals surface area contributed by atoms with Gasteiger partial charge in [0.25, 0.3) is 0 Å². The van der Waals surface area contributed by atoms with Crippen molar-refractivity contribution < 1.29 is 0 Å². The Morgan fingerprint density at radius 1 is 1.40 bits per heavy atom. The molecule has 0 aromatic carbocycles. The molecule has 0 heterocycles. The molecule has 1 unspecified atom stereocenters. The Balaban J connectivity index is 2.05. The lowest BCUT2D eigenvalue weighted by molar-refractivity contribution is 0.559. The van der Waals surface area contributed by atoms with E-state index in [2.05, 4.69) is 49.6 Å². The first-order valence-electron chi connectivity index (χ1n) is 5.99. The molecule has 1 aliphatic rings. The first-order chi connectivity index (χ1) is 7.18. The van der Waals surface area contributed by atoms with Gasteiger partial charge in [-0.25, -0.2) is 0 Å². The third kappa shape index (κ3) is 5.75. The van der Waals surface area contributed by atoms with Crippen molar-refractivity contribution in [3.8, 4) is 0 Å². The molecule has 0 bridgehead atoms. The molecule has 0 amide bonds. The summed E-state index contributed by atoms with van der Waals surface area (Å²) in [5.41, 5.74) is 1.52. The summed E-state index contributed by atoms with van der Waals surface area (Å²) < 4.78 is 0. The van der Waals surface area contributed by atoms with Crippen LogP contribution in [0.4, 0.5) is 0 Å². The smallest absolute Gasteiger partial charge is 0.0168 e. The van der Waals surface area contributed by atoms with Crippen molar-refractivity contribution in [3.63, 3.8) is 0 Å². The van der Waals surface area contributed by atoms with Crippen LogP contribution in [-0.4, -0.2) is 25.7 Å². The zero-order valence-corrected chi connectivity index (χ0v) is 10.2. The van der Waals surface area contributed by atoms with Crippen LogP contribution in [0, 0.1) is 5.92 Å². The van der Waals surface area contributed by atoms with E-state index in [-0.39, 0.29) is 0 Å². The Kier molecular flexibility index (Phi) is 5.66. The summed E-state index contributed by atoms with van der Waals surface area (Å²) in [5, 5.41) is 6.86. The number of rotatable bonds is 6. The minimum atomic E-state index is 0.587. The third-order valence-corrected chi connectivity index (χ3v) is 2.56. The van der Waals surface area contributed by atoms with Gasteiger partial charge in [-0.3, -0.25) is 0 Å². The van der Waals surface area contributed by atoms with Gasteiger partial charge < -0.3 is 10.6 Å². The lowest BCUT2D eigenvalue weighted by Gasteiger charge is -2.15. The average molecular weight is 208 g/mol. The summed E-state index contributed by atoms with van der Waals surface area (Å²) in [6.45, 7) is 9.76. The van der Waals surface area contributed by atoms with Crippen LogP contribution >= 0.6 is 0 Å². The van der Waals surface area contributed by atoms with Crippen molar-refractivity contribution in [2.75, 3.05) is 19.6 Å². The van der Waals surface area contributed by atoms with E-state index in [1.54, 1.807) is 0 Å². The number of hydrogen-bond acceptors (Lipinski definition) is 2. The molecule has 0 saturated heterocycles. The van der Waals surface area contributed by atoms with Crippen molar-refractivity contribution in [1.29, 1.82) is 0 Å². The molecule has 86 valence electrons. The maximum atomic E-state index is 3.47. The maximum Gasteiger partial charge on any atom is 0.0168 e. The minimum Gasteiger partial charge on any atom is -0.313 e. The number of nitrogens with one attached hydrogen (secondary N) is 2. The molecule has 2 heteroatoms. The zero-order valence-electron chi connectivity index (χ0n) is 10.2. The van der Waals surface area contributed by atoms with E-state index in [0.717, 1.165) is 19.6 Å². The summed E-state index contributed by atoms with van der Waals surface area (Å²) in [5.74, 6) is 0.709. The van der Waals surface area contributed by atoms with Crippen molar-refractivity contribution in [3.05, 3.63) is 23.8 Å². The van der Waals surface area contributed by atoms with Gasteiger partial charge >= 0.3 is 0 Å². The van der Waals surface area contributed by atoms with Crippen molar-refractivity contribution in [1.82, 2.24) is 10.6 Å². The highest BCUT2D eigenvalue weighted by Gasteiger charge is 2.05. The first-order valence-corrected chi connectivity index (χ1v) is 5.99. The Bertz CT molecular complexity index is 229. The normalized spacial score (nSPS) is 20.8. The van der Waals surface area contributed by atoms with Crippen LogP contribution in [0.5, 0.6) is 0 Å². The van der Waals surface area contributed by atoms with E-state index in [0.29, 0.717) is 12.0 Å². The van der Waals surface area contributed by atoms with Crippen LogP contribution in [0.3, 0.4) is 0 Å². The van der Waals surface area contributed by atoms with Gasteiger partial charge in [-0.05, 0) is 12.3 Å². The van der Waals surface area contributed by atoms with E-state index in [4.69, 9.17) is 0 Å². The molecule has 0 fully saturated rings. The largest absolute Gasteiger partial charge is 0.313 e. The molecule has 0 saturated carbocycles. The number of allylic oxidation sites excluding steroid dienone is 3. The molecule has 0 aliphatic heterocycles. The van der Waals surface area contributed by atoms with Crippen LogP contribution in [0.1, 0.15) is 27.2 Å². The predicted octanol–water partition coefficient (Wildman–Crippen LogP) is 2.10. The second kappa shape index (κ2) is 6.81. The highest BCUT2D eigenvalue weighted by Crippen LogP contribution is 2.16. The maximum absolute atomic E-state index is 3.47. The van der Waals surface area contributed by atoms with E-state index in [1.807, 2.05) is 0 Å². The SMILES string of the molecule is CC1C=CC=C(CNCCNC(C)C)C1. The lowest BCUT2D eigenvalue weighted by atomic mass is 9.96. The Hall–Kier alpha value is -0.600. The first kappa shape index (κ1) is 12.5. The van der Waals surface area contributed by atoms with Gasteiger partial charge in [-0.1, -0.05) is 44.6 Å². The minimum absolute atomic E-state index is 0.587. The lowest BCUT2D eigenvalue weighted by Crippen LogP contribution is -2.32. The second-order valence-electron chi connectivity index (χ2n) is 4.68. The quantitative estimate of drug-likeness (QED) is 0.653. The van der Waals surface area contributed by atoms with Crippen LogP contribution in [0.25, 0.3) is 0 Å². The predicted molar refractivity (Wildman–Crippen MR) is 67.0 cm³/mol. The summed E-state index contributed by atoms with van der Waals surface area (Å²) in [6, 6.07) is 0.587. The molecule has 0 aromatic heterocycles. The van der Waals surface area contributed by atoms with E-state index < -0.39 is 0 Å². The monoisotopic (exact) mass is 208 g/mol. The van der Waals surface area contributed by atoms with Crippen molar-refractivity contribution >= 4 is 0 Å². The van der Waals surface area contributed by atoms with Crippen LogP contribution in [0.15, 0.2) is 23.8 Å². The molecule has 0 spiro atoms. The second-order valence-corrected chi connectivity index (χ2v) is 4.68. The number of hydrogen-bond donors (Lipinski definition) is 2. The summed E-state index contributed by atoms with van der Waals surface area (Å²) in [7, 11) is 0. The molecule has 2 nitrogen and oxygen atoms in total. The molecule has 0 radical (unpaired) electrons. The molecular weight excluding hydrogens is 184 g/mol. The van der Waals surface area contributed by atoms with Gasteiger partial charge in [0.2, 0.25) is 0 Å². The fraction of sp³-hybridized carbons (Fsp3) is 0.692. The Morgan fingerprint density at radius 2 is 2.20 bits per heavy atom. The molecule has 15 heavy (non-hydrogen) atoms. The Morgan fingerprint density at radius 3 is 2.87 bits per heavy atom. The van der Waals surface area contributed by atoms with Crippen LogP contribution < -0.4 is 10.6 Å². The van der Waals surface area contributed by atoms with Crippen molar-refractivity contribution in [2.24, 2.45) is 5.92 Å². The van der Waals surface area contributed by atoms with E-state index >= 15 is 0 Å². The fourth-order valence-electron chi connectivity index (χ4n) is 1.76. The molecule has 0 aromatic rings. The molecular formula is C13H24N2. The van der Waals surface area contributed by atoms with E-state index in [9.17, 15) is 0 Å². The summed E-state index contributed by atoms with van der Waals surface area (Å²) >= 11 is 0. The van der Waals surface area contributed by atoms with Crippen LogP contribution in [-0.2, 0) is 0 Å². The highest BCUT2D eigenvalue weighted by atomic mass is 15.0. The van der Waals surface area contributed by atoms with Gasteiger partial charge in [0.05, 0.1) is 0 Å². The third-order valence-electron chi connectivity index (χ3n) is 2.56. The fourth-order valence-corrected chi connectivity index (χ4v) is 1.76. The summed E-state index contributed by atoms with van der Waals surface area (Å²) in [6.07, 6.45) is 7.89. The molecule has 1 aliphatic carbocycles. The van der Waals surface area contributed by atoms with Gasteiger partial charge in [0.1, 0.15) is 0 Å². The van der Waals surface area contributed by atoms with Crippen LogP contribution in [0.2, 0.25) is 0 Å². The van der Waals surface area contributed by atoms with Gasteiger partial charge in [0, 0.05) is 25.7 Å². The van der Waals surface area contributed by atoms with E-state index in [1.165, 1.54) is 12.0 Å². The topological polar surface area (TPSA) is 24.1 Å². The highest BCUT2D eigenvalue weighted by molar-refractivity contribution is 5.20. The van der Waals surface area contributed by atoms with Gasteiger partial charge in [-0.15, -0.1) is 0 Å². The molecule has 1 atom stereocenters.